The van der Waals surface area contributed by atoms with Crippen LogP contribution in [0.2, 0.25) is 18.1 Å². The number of carbonyl (C=O) groups excluding carboxylic acids is 1. The second-order valence-corrected chi connectivity index (χ2v) is 12.9. The maximum atomic E-state index is 12.4. The Morgan fingerprint density at radius 1 is 1.25 bits per heavy atom. The van der Waals surface area contributed by atoms with Gasteiger partial charge in [-0.05, 0) is 32.0 Å². The zero-order valence-corrected chi connectivity index (χ0v) is 17.0. The van der Waals surface area contributed by atoms with Gasteiger partial charge in [0.2, 0.25) is 0 Å². The van der Waals surface area contributed by atoms with Gasteiger partial charge in [0.25, 0.3) is 0 Å². The minimum atomic E-state index is -2.32. The van der Waals surface area contributed by atoms with Gasteiger partial charge in [0.05, 0.1) is 13.7 Å². The first-order chi connectivity index (χ1) is 10.8. The van der Waals surface area contributed by atoms with Gasteiger partial charge in [-0.2, -0.15) is 0 Å². The molecule has 142 valence electrons. The lowest BCUT2D eigenvalue weighted by Gasteiger charge is -2.40. The third-order valence-corrected chi connectivity index (χ3v) is 9.15. The standard InChI is InChI=1S/C16H32O7Si/c1-15(2,3)24(7,8)23-13(14(19)20-6)12-11(10(18)9-17)21-16(4,5)22-12/h10-13,17-18H,9H2,1-8H3/t10-,11-,12+,13-/m1/s1. The summed E-state index contributed by atoms with van der Waals surface area (Å²) >= 11 is 0. The van der Waals surface area contributed by atoms with Crippen LogP contribution in [0.15, 0.2) is 0 Å². The molecule has 0 unspecified atom stereocenters. The zero-order chi connectivity index (χ0) is 18.9. The highest BCUT2D eigenvalue weighted by Crippen LogP contribution is 2.40. The summed E-state index contributed by atoms with van der Waals surface area (Å²) in [5.41, 5.74) is 0. The Bertz CT molecular complexity index is 444. The van der Waals surface area contributed by atoms with Crippen molar-refractivity contribution < 1.29 is 33.6 Å². The molecular formula is C16H32O7Si. The summed E-state index contributed by atoms with van der Waals surface area (Å²) in [6.07, 6.45) is -3.99. The average Bonchev–Trinajstić information content (AvgIpc) is 2.77. The Hall–Kier alpha value is -0.513. The highest BCUT2D eigenvalue weighted by molar-refractivity contribution is 6.74. The number of esters is 1. The Morgan fingerprint density at radius 2 is 1.75 bits per heavy atom. The molecule has 0 aromatic carbocycles. The number of rotatable bonds is 6. The molecule has 8 heteroatoms. The van der Waals surface area contributed by atoms with E-state index in [9.17, 15) is 15.0 Å². The third-order valence-electron chi connectivity index (χ3n) is 4.69. The van der Waals surface area contributed by atoms with E-state index in [1.807, 2.05) is 13.1 Å². The van der Waals surface area contributed by atoms with Crippen LogP contribution in [0.3, 0.4) is 0 Å². The van der Waals surface area contributed by atoms with Crippen LogP contribution in [0, 0.1) is 0 Å². The second-order valence-electron chi connectivity index (χ2n) is 8.14. The first-order valence-corrected chi connectivity index (χ1v) is 11.1. The van der Waals surface area contributed by atoms with Crippen LogP contribution in [0.25, 0.3) is 0 Å². The lowest BCUT2D eigenvalue weighted by molar-refractivity contribution is -0.170. The van der Waals surface area contributed by atoms with Crippen molar-refractivity contribution >= 4 is 14.3 Å². The molecule has 0 spiro atoms. The smallest absolute Gasteiger partial charge is 0.336 e. The van der Waals surface area contributed by atoms with Crippen LogP contribution in [0.5, 0.6) is 0 Å². The molecule has 0 saturated carbocycles. The largest absolute Gasteiger partial charge is 0.467 e. The fourth-order valence-corrected chi connectivity index (χ4v) is 3.53. The molecule has 4 atom stereocenters. The molecule has 7 nitrogen and oxygen atoms in total. The zero-order valence-electron chi connectivity index (χ0n) is 16.0. The Balaban J connectivity index is 3.17. The number of carbonyl (C=O) groups is 1. The molecule has 1 aliphatic heterocycles. The third kappa shape index (κ3) is 4.77. The minimum absolute atomic E-state index is 0.126. The Kier molecular flexibility index (Phi) is 6.63. The second kappa shape index (κ2) is 7.39. The number of aliphatic hydroxyl groups is 2. The lowest BCUT2D eigenvalue weighted by atomic mass is 10.0. The van der Waals surface area contributed by atoms with Crippen LogP contribution in [-0.2, 0) is 23.4 Å². The summed E-state index contributed by atoms with van der Waals surface area (Å²) in [6.45, 7) is 13.1. The van der Waals surface area contributed by atoms with Gasteiger partial charge in [0.1, 0.15) is 18.3 Å². The highest BCUT2D eigenvalue weighted by Gasteiger charge is 2.53. The first-order valence-electron chi connectivity index (χ1n) is 8.16. The minimum Gasteiger partial charge on any atom is -0.467 e. The molecule has 1 heterocycles. The van der Waals surface area contributed by atoms with Gasteiger partial charge in [0, 0.05) is 0 Å². The van der Waals surface area contributed by atoms with Crippen LogP contribution < -0.4 is 0 Å². The van der Waals surface area contributed by atoms with E-state index in [1.165, 1.54) is 7.11 Å². The number of hydrogen-bond acceptors (Lipinski definition) is 7. The van der Waals surface area contributed by atoms with Gasteiger partial charge in [0.15, 0.2) is 20.2 Å². The summed E-state index contributed by atoms with van der Waals surface area (Å²) in [5.74, 6) is -1.59. The van der Waals surface area contributed by atoms with Gasteiger partial charge in [-0.15, -0.1) is 0 Å². The van der Waals surface area contributed by atoms with Crippen LogP contribution in [0.4, 0.5) is 0 Å². The molecule has 0 aromatic rings. The van der Waals surface area contributed by atoms with E-state index in [2.05, 4.69) is 20.8 Å². The Morgan fingerprint density at radius 3 is 2.17 bits per heavy atom. The molecule has 1 aliphatic rings. The molecule has 0 aromatic heterocycles. The van der Waals surface area contributed by atoms with E-state index in [-0.39, 0.29) is 5.04 Å². The molecule has 0 bridgehead atoms. The van der Waals surface area contributed by atoms with Gasteiger partial charge in [-0.3, -0.25) is 0 Å². The van der Waals surface area contributed by atoms with Crippen LogP contribution in [0.1, 0.15) is 34.6 Å². The van der Waals surface area contributed by atoms with Crippen LogP contribution in [-0.4, -0.2) is 68.4 Å². The summed E-state index contributed by atoms with van der Waals surface area (Å²) in [6, 6.07) is 0. The van der Waals surface area contributed by atoms with Crippen molar-refractivity contribution in [1.29, 1.82) is 0 Å². The Labute approximate surface area is 145 Å². The summed E-state index contributed by atoms with van der Waals surface area (Å²) in [5, 5.41) is 19.2. The number of hydrogen-bond donors (Lipinski definition) is 2. The first kappa shape index (κ1) is 21.5. The monoisotopic (exact) mass is 364 g/mol. The van der Waals surface area contributed by atoms with Crippen molar-refractivity contribution in [2.45, 2.75) is 83.0 Å². The quantitative estimate of drug-likeness (QED) is 0.544. The average molecular weight is 365 g/mol. The van der Waals surface area contributed by atoms with E-state index in [0.29, 0.717) is 0 Å². The molecule has 24 heavy (non-hydrogen) atoms. The van der Waals surface area contributed by atoms with Gasteiger partial charge >= 0.3 is 5.97 Å². The van der Waals surface area contributed by atoms with E-state index < -0.39 is 51.1 Å². The molecule has 0 aliphatic carbocycles. The lowest BCUT2D eigenvalue weighted by Crippen LogP contribution is -2.54. The van der Waals surface area contributed by atoms with Gasteiger partial charge < -0.3 is 28.8 Å². The molecule has 0 amide bonds. The predicted molar refractivity (Wildman–Crippen MR) is 91.0 cm³/mol. The fraction of sp³-hybridized carbons (Fsp3) is 0.938. The summed E-state index contributed by atoms with van der Waals surface area (Å²) < 4.78 is 22.6. The molecule has 1 fully saturated rings. The molecular weight excluding hydrogens is 332 g/mol. The SMILES string of the molecule is COC(=O)[C@H](O[Si](C)(C)C(C)(C)C)[C@H]1OC(C)(C)O[C@@H]1[C@H](O)CO. The molecule has 1 saturated heterocycles. The normalized spacial score (nSPS) is 26.9. The van der Waals surface area contributed by atoms with E-state index >= 15 is 0 Å². The van der Waals surface area contributed by atoms with Crippen molar-refractivity contribution in [3.8, 4) is 0 Å². The van der Waals surface area contributed by atoms with Crippen molar-refractivity contribution in [2.24, 2.45) is 0 Å². The number of methoxy groups -OCH3 is 1. The summed E-state index contributed by atoms with van der Waals surface area (Å²) in [4.78, 5) is 12.4. The molecule has 0 radical (unpaired) electrons. The van der Waals surface area contributed by atoms with Gasteiger partial charge in [-0.1, -0.05) is 20.8 Å². The van der Waals surface area contributed by atoms with Gasteiger partial charge in [-0.25, -0.2) is 4.79 Å². The van der Waals surface area contributed by atoms with E-state index in [4.69, 9.17) is 18.6 Å². The maximum Gasteiger partial charge on any atom is 0.336 e. The van der Waals surface area contributed by atoms with Crippen molar-refractivity contribution in [1.82, 2.24) is 0 Å². The van der Waals surface area contributed by atoms with Crippen molar-refractivity contribution in [3.05, 3.63) is 0 Å². The molecule has 2 N–H and O–H groups in total. The fourth-order valence-electron chi connectivity index (χ4n) is 2.31. The molecule has 1 rings (SSSR count). The number of ether oxygens (including phenoxy) is 3. The van der Waals surface area contributed by atoms with E-state index in [0.717, 1.165) is 0 Å². The topological polar surface area (TPSA) is 94.5 Å². The summed E-state index contributed by atoms with van der Waals surface area (Å²) in [7, 11) is -1.04. The highest BCUT2D eigenvalue weighted by atomic mass is 28.4. The van der Waals surface area contributed by atoms with Crippen molar-refractivity contribution in [2.75, 3.05) is 13.7 Å². The van der Waals surface area contributed by atoms with Crippen molar-refractivity contribution in [3.63, 3.8) is 0 Å². The van der Waals surface area contributed by atoms with Crippen LogP contribution >= 0.6 is 0 Å². The number of aliphatic hydroxyl groups excluding tert-OH is 2. The predicted octanol–water partition coefficient (Wildman–Crippen LogP) is 1.42. The van der Waals surface area contributed by atoms with E-state index in [1.54, 1.807) is 13.8 Å². The maximum absolute atomic E-state index is 12.4.